The van der Waals surface area contributed by atoms with Crippen molar-refractivity contribution in [1.82, 2.24) is 5.43 Å². The van der Waals surface area contributed by atoms with Crippen LogP contribution in [0.5, 0.6) is 23.0 Å². The Morgan fingerprint density at radius 3 is 2.37 bits per heavy atom. The third kappa shape index (κ3) is 6.63. The molecule has 0 bridgehead atoms. The maximum Gasteiger partial charge on any atom is 0.339 e. The van der Waals surface area contributed by atoms with Crippen LogP contribution in [0.3, 0.4) is 0 Å². The lowest BCUT2D eigenvalue weighted by Gasteiger charge is -2.13. The maximum absolute atomic E-state index is 12.6. The third-order valence-corrected chi connectivity index (χ3v) is 6.62. The van der Waals surface area contributed by atoms with Gasteiger partial charge in [0, 0.05) is 5.56 Å². The van der Waals surface area contributed by atoms with Crippen molar-refractivity contribution in [2.45, 2.75) is 11.8 Å². The summed E-state index contributed by atoms with van der Waals surface area (Å²) in [6.45, 7) is 2.26. The van der Waals surface area contributed by atoms with Crippen molar-refractivity contribution < 1.29 is 31.6 Å². The Morgan fingerprint density at radius 1 is 1.00 bits per heavy atom. The number of nitrogens with one attached hydrogen (secondary N) is 1. The predicted molar refractivity (Wildman–Crippen MR) is 139 cm³/mol. The van der Waals surface area contributed by atoms with Crippen molar-refractivity contribution in [3.63, 3.8) is 0 Å². The third-order valence-electron chi connectivity index (χ3n) is 4.58. The van der Waals surface area contributed by atoms with Gasteiger partial charge in [-0.3, -0.25) is 4.79 Å². The van der Waals surface area contributed by atoms with E-state index in [1.54, 1.807) is 48.5 Å². The van der Waals surface area contributed by atoms with Gasteiger partial charge in [-0.05, 0) is 77.5 Å². The highest BCUT2D eigenvalue weighted by Gasteiger charge is 2.21. The van der Waals surface area contributed by atoms with Gasteiger partial charge in [0.1, 0.15) is 4.90 Å². The van der Waals surface area contributed by atoms with Gasteiger partial charge < -0.3 is 18.4 Å². The van der Waals surface area contributed by atoms with Gasteiger partial charge in [0.15, 0.2) is 23.0 Å². The Kier molecular flexibility index (Phi) is 8.93. The van der Waals surface area contributed by atoms with Crippen LogP contribution in [-0.4, -0.2) is 41.4 Å². The molecule has 0 spiro atoms. The van der Waals surface area contributed by atoms with Crippen molar-refractivity contribution in [2.24, 2.45) is 5.10 Å². The molecule has 0 saturated heterocycles. The number of halogens is 1. The quantitative estimate of drug-likeness (QED) is 0.158. The van der Waals surface area contributed by atoms with Crippen LogP contribution in [0.25, 0.3) is 0 Å². The SMILES string of the molecule is CCOc1cc(C(=O)N/N=C/c2cc(I)c(OS(=O)(=O)c3ccccc3)c(OC)c2)ccc1OC. The van der Waals surface area contributed by atoms with Crippen LogP contribution < -0.4 is 23.8 Å². The average Bonchev–Trinajstić information content (AvgIpc) is 2.86. The van der Waals surface area contributed by atoms with Gasteiger partial charge >= 0.3 is 10.1 Å². The fourth-order valence-corrected chi connectivity index (χ4v) is 4.82. The van der Waals surface area contributed by atoms with Crippen molar-refractivity contribution in [2.75, 3.05) is 20.8 Å². The van der Waals surface area contributed by atoms with Crippen molar-refractivity contribution in [3.8, 4) is 23.0 Å². The van der Waals surface area contributed by atoms with Crippen molar-refractivity contribution >= 4 is 44.8 Å². The van der Waals surface area contributed by atoms with Gasteiger partial charge in [0.25, 0.3) is 5.91 Å². The molecule has 0 aliphatic carbocycles. The van der Waals surface area contributed by atoms with E-state index in [4.69, 9.17) is 18.4 Å². The molecular weight excluding hydrogens is 587 g/mol. The molecule has 0 radical (unpaired) electrons. The monoisotopic (exact) mass is 610 g/mol. The predicted octanol–water partition coefficient (Wildman–Crippen LogP) is 4.24. The summed E-state index contributed by atoms with van der Waals surface area (Å²) in [6, 6.07) is 15.8. The smallest absolute Gasteiger partial charge is 0.339 e. The molecule has 1 amide bonds. The largest absolute Gasteiger partial charge is 0.493 e. The van der Waals surface area contributed by atoms with Crippen LogP contribution in [0.2, 0.25) is 0 Å². The van der Waals surface area contributed by atoms with E-state index < -0.39 is 16.0 Å². The van der Waals surface area contributed by atoms with Gasteiger partial charge in [-0.2, -0.15) is 13.5 Å². The molecule has 3 rings (SSSR count). The van der Waals surface area contributed by atoms with E-state index in [-0.39, 0.29) is 16.4 Å². The number of carbonyl (C=O) groups is 1. The molecule has 0 aromatic heterocycles. The Hall–Kier alpha value is -3.32. The molecule has 0 saturated carbocycles. The molecule has 0 heterocycles. The van der Waals surface area contributed by atoms with E-state index in [0.717, 1.165) is 0 Å². The molecule has 9 nitrogen and oxygen atoms in total. The molecule has 11 heteroatoms. The van der Waals surface area contributed by atoms with Crippen LogP contribution in [0.1, 0.15) is 22.8 Å². The zero-order valence-corrected chi connectivity index (χ0v) is 22.1. The Bertz CT molecular complexity index is 1330. The normalized spacial score (nSPS) is 11.2. The lowest BCUT2D eigenvalue weighted by molar-refractivity contribution is 0.0954. The van der Waals surface area contributed by atoms with Gasteiger partial charge in [0.05, 0.1) is 30.6 Å². The number of rotatable bonds is 10. The summed E-state index contributed by atoms with van der Waals surface area (Å²) in [5.74, 6) is 0.776. The summed E-state index contributed by atoms with van der Waals surface area (Å²) >= 11 is 1.94. The van der Waals surface area contributed by atoms with Gasteiger partial charge in [-0.25, -0.2) is 5.43 Å². The minimum atomic E-state index is -4.05. The zero-order valence-electron chi connectivity index (χ0n) is 19.1. The van der Waals surface area contributed by atoms with E-state index in [2.05, 4.69) is 10.5 Å². The van der Waals surface area contributed by atoms with Gasteiger partial charge in [0.2, 0.25) is 0 Å². The Labute approximate surface area is 217 Å². The molecular formula is C24H23IN2O7S. The van der Waals surface area contributed by atoms with Crippen LogP contribution in [0.15, 0.2) is 70.7 Å². The number of ether oxygens (including phenoxy) is 3. The highest BCUT2D eigenvalue weighted by Crippen LogP contribution is 2.35. The van der Waals surface area contributed by atoms with E-state index in [1.165, 1.54) is 32.6 Å². The summed E-state index contributed by atoms with van der Waals surface area (Å²) < 4.78 is 47.1. The van der Waals surface area contributed by atoms with Crippen LogP contribution in [0, 0.1) is 3.57 Å². The number of hydrogen-bond donors (Lipinski definition) is 1. The maximum atomic E-state index is 12.6. The first-order chi connectivity index (χ1) is 16.8. The lowest BCUT2D eigenvalue weighted by Crippen LogP contribution is -2.17. The van der Waals surface area contributed by atoms with E-state index in [9.17, 15) is 13.2 Å². The molecule has 1 N–H and O–H groups in total. The van der Waals surface area contributed by atoms with E-state index >= 15 is 0 Å². The first kappa shape index (κ1) is 26.3. The minimum Gasteiger partial charge on any atom is -0.493 e. The fraction of sp³-hybridized carbons (Fsp3) is 0.167. The molecule has 3 aromatic carbocycles. The molecule has 0 aliphatic heterocycles. The summed E-state index contributed by atoms with van der Waals surface area (Å²) in [7, 11) is -1.13. The highest BCUT2D eigenvalue weighted by atomic mass is 127. The molecule has 0 fully saturated rings. The van der Waals surface area contributed by atoms with Gasteiger partial charge in [-0.1, -0.05) is 18.2 Å². The van der Waals surface area contributed by atoms with Crippen LogP contribution >= 0.6 is 22.6 Å². The second kappa shape index (κ2) is 11.9. The lowest BCUT2D eigenvalue weighted by atomic mass is 10.2. The standard InChI is InChI=1S/C24H23IN2O7S/c1-4-33-21-14-17(10-11-20(21)31-2)24(28)27-26-15-16-12-19(25)23(22(13-16)32-3)34-35(29,30)18-8-6-5-7-9-18/h5-15H,4H2,1-3H3,(H,27,28)/b26-15+. The fourth-order valence-electron chi connectivity index (χ4n) is 2.96. The Balaban J connectivity index is 1.77. The van der Waals surface area contributed by atoms with Crippen LogP contribution in [-0.2, 0) is 10.1 Å². The Morgan fingerprint density at radius 2 is 1.71 bits per heavy atom. The highest BCUT2D eigenvalue weighted by molar-refractivity contribution is 14.1. The number of hydrogen-bond acceptors (Lipinski definition) is 8. The number of hydrazone groups is 1. The van der Waals surface area contributed by atoms with Crippen molar-refractivity contribution in [3.05, 3.63) is 75.4 Å². The number of carbonyl (C=O) groups excluding carboxylic acids is 1. The molecule has 3 aromatic rings. The summed E-state index contributed by atoms with van der Waals surface area (Å²) in [5, 5.41) is 3.99. The topological polar surface area (TPSA) is 113 Å². The number of amides is 1. The van der Waals surface area contributed by atoms with E-state index in [0.29, 0.717) is 32.8 Å². The second-order valence-electron chi connectivity index (χ2n) is 6.88. The first-order valence-electron chi connectivity index (χ1n) is 10.3. The number of nitrogens with zero attached hydrogens (tertiary/aromatic N) is 1. The number of benzene rings is 3. The summed E-state index contributed by atoms with van der Waals surface area (Å²) in [6.07, 6.45) is 1.41. The van der Waals surface area contributed by atoms with Gasteiger partial charge in [-0.15, -0.1) is 0 Å². The van der Waals surface area contributed by atoms with Crippen molar-refractivity contribution in [1.29, 1.82) is 0 Å². The molecule has 35 heavy (non-hydrogen) atoms. The average molecular weight is 610 g/mol. The molecule has 184 valence electrons. The molecule has 0 unspecified atom stereocenters. The summed E-state index contributed by atoms with van der Waals surface area (Å²) in [5.41, 5.74) is 3.35. The van der Waals surface area contributed by atoms with Crippen LogP contribution in [0.4, 0.5) is 0 Å². The molecule has 0 aliphatic rings. The first-order valence-corrected chi connectivity index (χ1v) is 12.8. The summed E-state index contributed by atoms with van der Waals surface area (Å²) in [4.78, 5) is 12.5. The minimum absolute atomic E-state index is 0.0252. The number of methoxy groups -OCH3 is 2. The second-order valence-corrected chi connectivity index (χ2v) is 9.59. The zero-order chi connectivity index (χ0) is 25.4. The molecule has 0 atom stereocenters. The van der Waals surface area contributed by atoms with E-state index in [1.807, 2.05) is 29.5 Å².